The number of hydrogen-bond donors (Lipinski definition) is 3. The van der Waals surface area contributed by atoms with Gasteiger partial charge in [-0.15, -0.1) is 0 Å². The molecule has 0 heterocycles. The first-order valence-electron chi connectivity index (χ1n) is 9.49. The summed E-state index contributed by atoms with van der Waals surface area (Å²) in [6.45, 7) is 5.85. The largest absolute Gasteiger partial charge is 0.376 e. The van der Waals surface area contributed by atoms with Crippen molar-refractivity contribution in [3.05, 3.63) is 59.2 Å². The third kappa shape index (κ3) is 7.04. The van der Waals surface area contributed by atoms with Crippen molar-refractivity contribution in [2.24, 2.45) is 0 Å². The molecule has 0 atom stereocenters. The number of anilines is 2. The molecule has 28 heavy (non-hydrogen) atoms. The number of aryl methyl sites for hydroxylation is 2. The highest BCUT2D eigenvalue weighted by Crippen LogP contribution is 2.14. The van der Waals surface area contributed by atoms with E-state index >= 15 is 0 Å². The summed E-state index contributed by atoms with van der Waals surface area (Å²) >= 11 is 0. The Balaban J connectivity index is 1.78. The van der Waals surface area contributed by atoms with Gasteiger partial charge in [-0.1, -0.05) is 6.07 Å². The highest BCUT2D eigenvalue weighted by Gasteiger charge is 2.07. The summed E-state index contributed by atoms with van der Waals surface area (Å²) in [6.07, 6.45) is 0.903. The Morgan fingerprint density at radius 1 is 0.929 bits per heavy atom. The maximum atomic E-state index is 12.1. The quantitative estimate of drug-likeness (QED) is 0.583. The van der Waals surface area contributed by atoms with Gasteiger partial charge in [0.1, 0.15) is 0 Å². The van der Waals surface area contributed by atoms with Crippen molar-refractivity contribution in [2.45, 2.75) is 20.3 Å². The number of nitrogens with one attached hydrogen (secondary N) is 3. The summed E-state index contributed by atoms with van der Waals surface area (Å²) in [7, 11) is 4.01. The van der Waals surface area contributed by atoms with E-state index in [1.54, 1.807) is 24.3 Å². The molecule has 0 fully saturated rings. The number of carbonyl (C=O) groups is 2. The van der Waals surface area contributed by atoms with Gasteiger partial charge >= 0.3 is 0 Å². The van der Waals surface area contributed by atoms with Gasteiger partial charge < -0.3 is 20.9 Å². The Kier molecular flexibility index (Phi) is 8.02. The lowest BCUT2D eigenvalue weighted by Crippen LogP contribution is -2.27. The van der Waals surface area contributed by atoms with Crippen LogP contribution in [0.4, 0.5) is 11.4 Å². The third-order valence-electron chi connectivity index (χ3n) is 4.46. The van der Waals surface area contributed by atoms with Gasteiger partial charge in [0.25, 0.3) is 5.91 Å². The Morgan fingerprint density at radius 3 is 2.25 bits per heavy atom. The zero-order valence-corrected chi connectivity index (χ0v) is 17.1. The van der Waals surface area contributed by atoms with E-state index in [4.69, 9.17) is 0 Å². The van der Waals surface area contributed by atoms with E-state index in [0.717, 1.165) is 18.7 Å². The summed E-state index contributed by atoms with van der Waals surface area (Å²) < 4.78 is 0. The summed E-state index contributed by atoms with van der Waals surface area (Å²) in [4.78, 5) is 26.3. The van der Waals surface area contributed by atoms with Crippen LogP contribution in [-0.2, 0) is 4.79 Å². The average Bonchev–Trinajstić information content (AvgIpc) is 2.66. The average molecular weight is 383 g/mol. The van der Waals surface area contributed by atoms with E-state index in [1.807, 2.05) is 39.2 Å². The van der Waals surface area contributed by atoms with E-state index in [2.05, 4.69) is 27.8 Å². The maximum Gasteiger partial charge on any atom is 0.251 e. The fourth-order valence-electron chi connectivity index (χ4n) is 2.64. The summed E-state index contributed by atoms with van der Waals surface area (Å²) in [5.41, 5.74) is 4.56. The number of benzene rings is 2. The molecule has 0 aliphatic rings. The van der Waals surface area contributed by atoms with Gasteiger partial charge in [-0.2, -0.15) is 0 Å². The number of rotatable bonds is 9. The van der Waals surface area contributed by atoms with E-state index < -0.39 is 0 Å². The van der Waals surface area contributed by atoms with Crippen LogP contribution in [0.2, 0.25) is 0 Å². The minimum Gasteiger partial charge on any atom is -0.376 e. The molecule has 0 saturated heterocycles. The van der Waals surface area contributed by atoms with Gasteiger partial charge in [0.2, 0.25) is 5.91 Å². The first-order valence-corrected chi connectivity index (χ1v) is 9.49. The maximum absolute atomic E-state index is 12.1. The van der Waals surface area contributed by atoms with Gasteiger partial charge in [-0.3, -0.25) is 9.59 Å². The Labute approximate surface area is 167 Å². The number of nitrogens with zero attached hydrogens (tertiary/aromatic N) is 1. The second-order valence-corrected chi connectivity index (χ2v) is 7.19. The molecule has 0 radical (unpaired) electrons. The van der Waals surface area contributed by atoms with Gasteiger partial charge in [-0.25, -0.2) is 0 Å². The van der Waals surface area contributed by atoms with Crippen LogP contribution in [-0.4, -0.2) is 50.4 Å². The van der Waals surface area contributed by atoms with Crippen LogP contribution < -0.4 is 16.0 Å². The van der Waals surface area contributed by atoms with E-state index in [1.165, 1.54) is 11.1 Å². The molecule has 2 aromatic rings. The summed E-state index contributed by atoms with van der Waals surface area (Å²) in [6, 6.07) is 12.9. The monoisotopic (exact) mass is 382 g/mol. The first-order chi connectivity index (χ1) is 13.3. The second kappa shape index (κ2) is 10.5. The lowest BCUT2D eigenvalue weighted by Gasteiger charge is -2.11. The zero-order valence-electron chi connectivity index (χ0n) is 17.1. The van der Waals surface area contributed by atoms with Gasteiger partial charge in [-0.05, 0) is 88.4 Å². The third-order valence-corrected chi connectivity index (χ3v) is 4.46. The molecular weight excluding hydrogens is 352 g/mol. The Bertz CT molecular complexity index is 801. The Morgan fingerprint density at radius 2 is 1.61 bits per heavy atom. The number of carbonyl (C=O) groups excluding carboxylic acids is 2. The van der Waals surface area contributed by atoms with Gasteiger partial charge in [0.15, 0.2) is 0 Å². The van der Waals surface area contributed by atoms with Crippen LogP contribution in [0.3, 0.4) is 0 Å². The molecule has 2 rings (SSSR count). The molecule has 3 N–H and O–H groups in total. The van der Waals surface area contributed by atoms with Crippen LogP contribution in [0.25, 0.3) is 0 Å². The molecule has 0 aliphatic heterocycles. The van der Waals surface area contributed by atoms with E-state index in [9.17, 15) is 9.59 Å². The first kappa shape index (κ1) is 21.4. The van der Waals surface area contributed by atoms with Crippen LogP contribution in [0.5, 0.6) is 0 Å². The normalized spacial score (nSPS) is 10.6. The van der Waals surface area contributed by atoms with Crippen LogP contribution >= 0.6 is 0 Å². The highest BCUT2D eigenvalue weighted by atomic mass is 16.2. The minimum absolute atomic E-state index is 0.104. The lowest BCUT2D eigenvalue weighted by molar-refractivity contribution is -0.114. The smallest absolute Gasteiger partial charge is 0.251 e. The molecule has 0 bridgehead atoms. The molecular formula is C22H30N4O2. The Hall–Kier alpha value is -2.86. The van der Waals surface area contributed by atoms with Crippen LogP contribution in [0.1, 0.15) is 27.9 Å². The topological polar surface area (TPSA) is 73.5 Å². The molecule has 0 spiro atoms. The van der Waals surface area contributed by atoms with Crippen LogP contribution in [0, 0.1) is 13.8 Å². The fraction of sp³-hybridized carbons (Fsp3) is 0.364. The van der Waals surface area contributed by atoms with Crippen molar-refractivity contribution in [3.63, 3.8) is 0 Å². The van der Waals surface area contributed by atoms with Gasteiger partial charge in [0.05, 0.1) is 6.54 Å². The minimum atomic E-state index is -0.140. The summed E-state index contributed by atoms with van der Waals surface area (Å²) in [5.74, 6) is -0.243. The van der Waals surface area contributed by atoms with Gasteiger partial charge in [0, 0.05) is 23.5 Å². The molecule has 0 unspecified atom stereocenters. The molecule has 150 valence electrons. The molecule has 0 aliphatic carbocycles. The number of amides is 2. The fourth-order valence-corrected chi connectivity index (χ4v) is 2.64. The molecule has 2 amide bonds. The zero-order chi connectivity index (χ0) is 20.5. The van der Waals surface area contributed by atoms with Crippen molar-refractivity contribution in [2.75, 3.05) is 44.4 Å². The van der Waals surface area contributed by atoms with Crippen molar-refractivity contribution < 1.29 is 9.59 Å². The SMILES string of the molecule is Cc1ccc(NCC(=O)Nc2ccc(C(=O)NCCCN(C)C)cc2)cc1C. The predicted octanol–water partition coefficient (Wildman–Crippen LogP) is 3.04. The van der Waals surface area contributed by atoms with Crippen molar-refractivity contribution in [1.29, 1.82) is 0 Å². The number of hydrogen-bond acceptors (Lipinski definition) is 4. The van der Waals surface area contributed by atoms with E-state index in [0.29, 0.717) is 17.8 Å². The molecule has 0 saturated carbocycles. The summed E-state index contributed by atoms with van der Waals surface area (Å²) in [5, 5.41) is 8.85. The molecule has 0 aromatic heterocycles. The van der Waals surface area contributed by atoms with Crippen molar-refractivity contribution in [1.82, 2.24) is 10.2 Å². The second-order valence-electron chi connectivity index (χ2n) is 7.19. The van der Waals surface area contributed by atoms with Crippen molar-refractivity contribution >= 4 is 23.2 Å². The van der Waals surface area contributed by atoms with Crippen molar-refractivity contribution in [3.8, 4) is 0 Å². The van der Waals surface area contributed by atoms with Crippen LogP contribution in [0.15, 0.2) is 42.5 Å². The predicted molar refractivity (Wildman–Crippen MR) is 115 cm³/mol. The van der Waals surface area contributed by atoms with E-state index in [-0.39, 0.29) is 18.4 Å². The lowest BCUT2D eigenvalue weighted by atomic mass is 10.1. The molecule has 6 heteroatoms. The molecule has 2 aromatic carbocycles. The standard InChI is InChI=1S/C22H30N4O2/c1-16-6-9-20(14-17(16)2)24-15-21(27)25-19-10-7-18(8-11-19)22(28)23-12-5-13-26(3)4/h6-11,14,24H,5,12-13,15H2,1-4H3,(H,23,28)(H,25,27). The molecule has 6 nitrogen and oxygen atoms in total. The highest BCUT2D eigenvalue weighted by molar-refractivity contribution is 5.96.